The SMILES string of the molecule is O=C(CCN1CCOCC1)Nc1cc(NC(=O)[C@@H]2CSCN2C(=O)c2ccccc2)ccc1F. The van der Waals surface area contributed by atoms with Gasteiger partial charge in [0, 0.05) is 43.1 Å². The molecule has 1 atom stereocenters. The molecular formula is C24H27FN4O4S. The monoisotopic (exact) mass is 486 g/mol. The summed E-state index contributed by atoms with van der Waals surface area (Å²) in [5, 5.41) is 5.35. The molecule has 0 aliphatic carbocycles. The Morgan fingerprint density at radius 2 is 1.82 bits per heavy atom. The van der Waals surface area contributed by atoms with Crippen molar-refractivity contribution in [3.8, 4) is 0 Å². The first-order valence-corrected chi connectivity index (χ1v) is 12.3. The Balaban J connectivity index is 1.36. The van der Waals surface area contributed by atoms with Crippen molar-refractivity contribution < 1.29 is 23.5 Å². The molecule has 2 aromatic rings. The Bertz CT molecular complexity index is 1030. The fourth-order valence-corrected chi connectivity index (χ4v) is 4.98. The van der Waals surface area contributed by atoms with Gasteiger partial charge in [0.1, 0.15) is 11.9 Å². The maximum atomic E-state index is 14.3. The number of amides is 3. The minimum atomic E-state index is -0.644. The summed E-state index contributed by atoms with van der Waals surface area (Å²) in [6, 6.07) is 12.2. The highest BCUT2D eigenvalue weighted by Gasteiger charge is 2.35. The zero-order valence-electron chi connectivity index (χ0n) is 18.7. The minimum absolute atomic E-state index is 0.00259. The number of hydrogen-bond acceptors (Lipinski definition) is 6. The minimum Gasteiger partial charge on any atom is -0.379 e. The summed E-state index contributed by atoms with van der Waals surface area (Å²) < 4.78 is 19.6. The lowest BCUT2D eigenvalue weighted by Crippen LogP contribution is -2.44. The lowest BCUT2D eigenvalue weighted by atomic mass is 10.1. The van der Waals surface area contributed by atoms with Crippen LogP contribution in [0.15, 0.2) is 48.5 Å². The van der Waals surface area contributed by atoms with Gasteiger partial charge >= 0.3 is 0 Å². The van der Waals surface area contributed by atoms with Crippen LogP contribution in [0.1, 0.15) is 16.8 Å². The van der Waals surface area contributed by atoms with Crippen LogP contribution in [-0.4, -0.2) is 78.0 Å². The second kappa shape index (κ2) is 11.5. The van der Waals surface area contributed by atoms with Crippen molar-refractivity contribution in [2.24, 2.45) is 0 Å². The van der Waals surface area contributed by atoms with Gasteiger partial charge in [-0.1, -0.05) is 18.2 Å². The number of halogens is 1. The number of nitrogens with one attached hydrogen (secondary N) is 2. The first-order valence-electron chi connectivity index (χ1n) is 11.2. The van der Waals surface area contributed by atoms with Gasteiger partial charge in [-0.25, -0.2) is 4.39 Å². The number of ether oxygens (including phenoxy) is 1. The zero-order chi connectivity index (χ0) is 23.9. The predicted molar refractivity (Wildman–Crippen MR) is 129 cm³/mol. The molecule has 0 saturated carbocycles. The van der Waals surface area contributed by atoms with Gasteiger partial charge in [-0.3, -0.25) is 19.3 Å². The molecule has 2 saturated heterocycles. The molecule has 0 radical (unpaired) electrons. The van der Waals surface area contributed by atoms with Gasteiger partial charge in [-0.05, 0) is 30.3 Å². The van der Waals surface area contributed by atoms with Crippen LogP contribution < -0.4 is 10.6 Å². The van der Waals surface area contributed by atoms with E-state index < -0.39 is 11.9 Å². The second-order valence-electron chi connectivity index (χ2n) is 8.09. The summed E-state index contributed by atoms with van der Waals surface area (Å²) in [6.07, 6.45) is 0.228. The molecular weight excluding hydrogens is 459 g/mol. The second-order valence-corrected chi connectivity index (χ2v) is 9.09. The summed E-state index contributed by atoms with van der Waals surface area (Å²) in [5.41, 5.74) is 0.869. The van der Waals surface area contributed by atoms with E-state index >= 15 is 0 Å². The number of rotatable bonds is 7. The Hall–Kier alpha value is -2.95. The molecule has 2 aliphatic rings. The average molecular weight is 487 g/mol. The lowest BCUT2D eigenvalue weighted by Gasteiger charge is -2.26. The topological polar surface area (TPSA) is 91.0 Å². The Morgan fingerprint density at radius 1 is 1.06 bits per heavy atom. The van der Waals surface area contributed by atoms with Crippen molar-refractivity contribution in [2.45, 2.75) is 12.5 Å². The third-order valence-electron chi connectivity index (χ3n) is 5.73. The molecule has 8 nitrogen and oxygen atoms in total. The van der Waals surface area contributed by atoms with Crippen LogP contribution in [0.3, 0.4) is 0 Å². The molecule has 180 valence electrons. The van der Waals surface area contributed by atoms with Crippen molar-refractivity contribution in [2.75, 3.05) is 55.1 Å². The quantitative estimate of drug-likeness (QED) is 0.625. The van der Waals surface area contributed by atoms with Crippen molar-refractivity contribution in [3.05, 3.63) is 59.9 Å². The molecule has 2 fully saturated rings. The van der Waals surface area contributed by atoms with E-state index in [0.717, 1.165) is 13.1 Å². The molecule has 3 amide bonds. The molecule has 2 heterocycles. The summed E-state index contributed by atoms with van der Waals surface area (Å²) in [6.45, 7) is 3.40. The van der Waals surface area contributed by atoms with Crippen LogP contribution in [0, 0.1) is 5.82 Å². The van der Waals surface area contributed by atoms with Crippen molar-refractivity contribution in [1.29, 1.82) is 0 Å². The van der Waals surface area contributed by atoms with Crippen LogP contribution in [0.25, 0.3) is 0 Å². The molecule has 2 aromatic carbocycles. The fraction of sp³-hybridized carbons (Fsp3) is 0.375. The third-order valence-corrected chi connectivity index (χ3v) is 6.75. The summed E-state index contributed by atoms with van der Waals surface area (Å²) in [5.74, 6) is -0.574. The van der Waals surface area contributed by atoms with Gasteiger partial charge in [0.15, 0.2) is 0 Å². The van der Waals surface area contributed by atoms with E-state index in [0.29, 0.717) is 42.6 Å². The number of carbonyl (C=O) groups is 3. The van der Waals surface area contributed by atoms with Gasteiger partial charge in [0.25, 0.3) is 5.91 Å². The normalized spacial score (nSPS) is 18.5. The van der Waals surface area contributed by atoms with Crippen molar-refractivity contribution >= 4 is 40.9 Å². The highest BCUT2D eigenvalue weighted by atomic mass is 32.2. The summed E-state index contributed by atoms with van der Waals surface area (Å²) in [7, 11) is 0. The summed E-state index contributed by atoms with van der Waals surface area (Å²) in [4.78, 5) is 41.8. The molecule has 0 bridgehead atoms. The number of nitrogens with zero attached hydrogens (tertiary/aromatic N) is 2. The zero-order valence-corrected chi connectivity index (χ0v) is 19.5. The van der Waals surface area contributed by atoms with E-state index in [1.165, 1.54) is 34.9 Å². The van der Waals surface area contributed by atoms with Gasteiger partial charge in [-0.15, -0.1) is 11.8 Å². The molecule has 2 N–H and O–H groups in total. The third kappa shape index (κ3) is 6.13. The number of carbonyl (C=O) groups excluding carboxylic acids is 3. The maximum absolute atomic E-state index is 14.3. The Morgan fingerprint density at radius 3 is 2.59 bits per heavy atom. The summed E-state index contributed by atoms with van der Waals surface area (Å²) >= 11 is 1.50. The molecule has 4 rings (SSSR count). The van der Waals surface area contributed by atoms with Gasteiger partial charge in [0.2, 0.25) is 11.8 Å². The maximum Gasteiger partial charge on any atom is 0.255 e. The van der Waals surface area contributed by atoms with Crippen LogP contribution in [0.2, 0.25) is 0 Å². The number of thioether (sulfide) groups is 1. The lowest BCUT2D eigenvalue weighted by molar-refractivity contribution is -0.119. The van der Waals surface area contributed by atoms with Crippen molar-refractivity contribution in [1.82, 2.24) is 9.80 Å². The van der Waals surface area contributed by atoms with E-state index in [1.54, 1.807) is 24.3 Å². The molecule has 0 aromatic heterocycles. The van der Waals surface area contributed by atoms with Crippen LogP contribution in [0.5, 0.6) is 0 Å². The first-order chi connectivity index (χ1) is 16.5. The predicted octanol–water partition coefficient (Wildman–Crippen LogP) is 2.64. The van der Waals surface area contributed by atoms with Crippen LogP contribution in [-0.2, 0) is 14.3 Å². The van der Waals surface area contributed by atoms with Crippen LogP contribution >= 0.6 is 11.8 Å². The van der Waals surface area contributed by atoms with Crippen LogP contribution in [0.4, 0.5) is 15.8 Å². The highest BCUT2D eigenvalue weighted by molar-refractivity contribution is 7.99. The first kappa shape index (κ1) is 24.2. The van der Waals surface area contributed by atoms with E-state index in [4.69, 9.17) is 4.74 Å². The van der Waals surface area contributed by atoms with Crippen molar-refractivity contribution in [3.63, 3.8) is 0 Å². The smallest absolute Gasteiger partial charge is 0.255 e. The Labute approximate surface area is 201 Å². The molecule has 0 unspecified atom stereocenters. The Kier molecular flexibility index (Phi) is 8.15. The molecule has 0 spiro atoms. The standard InChI is InChI=1S/C24H27FN4O4S/c25-19-7-6-18(14-20(19)27-22(30)8-9-28-10-12-33-13-11-28)26-23(31)21-15-34-16-29(21)24(32)17-4-2-1-3-5-17/h1-7,14,21H,8-13,15-16H2,(H,26,31)(H,27,30)/t21-/m0/s1. The number of hydrogen-bond donors (Lipinski definition) is 2. The fourth-order valence-electron chi connectivity index (χ4n) is 3.83. The number of morpholine rings is 1. The van der Waals surface area contributed by atoms with E-state index in [2.05, 4.69) is 15.5 Å². The highest BCUT2D eigenvalue weighted by Crippen LogP contribution is 2.26. The van der Waals surface area contributed by atoms with E-state index in [9.17, 15) is 18.8 Å². The number of benzene rings is 2. The largest absolute Gasteiger partial charge is 0.379 e. The average Bonchev–Trinajstić information content (AvgIpc) is 3.36. The molecule has 2 aliphatic heterocycles. The van der Waals surface area contributed by atoms with E-state index in [1.807, 2.05) is 6.07 Å². The number of anilines is 2. The van der Waals surface area contributed by atoms with Gasteiger partial charge in [-0.2, -0.15) is 0 Å². The van der Waals surface area contributed by atoms with Gasteiger partial charge in [0.05, 0.1) is 24.8 Å². The molecule has 10 heteroatoms. The van der Waals surface area contributed by atoms with Gasteiger partial charge < -0.3 is 20.3 Å². The molecule has 34 heavy (non-hydrogen) atoms. The van der Waals surface area contributed by atoms with E-state index in [-0.39, 0.29) is 29.8 Å².